The highest BCUT2D eigenvalue weighted by Crippen LogP contribution is 2.22. The molecule has 0 bridgehead atoms. The van der Waals surface area contributed by atoms with Gasteiger partial charge in [0.2, 0.25) is 0 Å². The highest BCUT2D eigenvalue weighted by atomic mass is 16.5. The van der Waals surface area contributed by atoms with E-state index in [1.165, 1.54) is 11.3 Å². The van der Waals surface area contributed by atoms with Crippen molar-refractivity contribution in [2.24, 2.45) is 0 Å². The molecule has 17 heavy (non-hydrogen) atoms. The molecule has 2 rings (SSSR count). The molecule has 0 aromatic heterocycles. The van der Waals surface area contributed by atoms with Crippen LogP contribution in [0.1, 0.15) is 19.4 Å². The lowest BCUT2D eigenvalue weighted by molar-refractivity contribution is -0.0927. The zero-order chi connectivity index (χ0) is 12.5. The molecule has 0 saturated carbocycles. The van der Waals surface area contributed by atoms with Crippen LogP contribution in [0.2, 0.25) is 0 Å². The monoisotopic (exact) mass is 235 g/mol. The summed E-state index contributed by atoms with van der Waals surface area (Å²) < 4.78 is 5.63. The van der Waals surface area contributed by atoms with Crippen LogP contribution in [0.25, 0.3) is 0 Å². The van der Waals surface area contributed by atoms with Crippen LogP contribution < -0.4 is 4.90 Å². The van der Waals surface area contributed by atoms with Crippen molar-refractivity contribution in [3.8, 4) is 0 Å². The number of aliphatic hydroxyl groups is 1. The van der Waals surface area contributed by atoms with Crippen LogP contribution in [0.5, 0.6) is 0 Å². The van der Waals surface area contributed by atoms with Gasteiger partial charge in [-0.15, -0.1) is 0 Å². The van der Waals surface area contributed by atoms with E-state index in [9.17, 15) is 5.11 Å². The Balaban J connectivity index is 2.09. The molecule has 3 heteroatoms. The van der Waals surface area contributed by atoms with Crippen LogP contribution in [0.15, 0.2) is 24.3 Å². The molecule has 1 aliphatic rings. The highest BCUT2D eigenvalue weighted by Gasteiger charge is 2.32. The molecule has 0 aliphatic carbocycles. The fourth-order valence-electron chi connectivity index (χ4n) is 2.07. The molecule has 1 atom stereocenters. The summed E-state index contributed by atoms with van der Waals surface area (Å²) >= 11 is 0. The molecular formula is C14H21NO2. The summed E-state index contributed by atoms with van der Waals surface area (Å²) in [5.41, 5.74) is 1.68. The SMILES string of the molecule is Cc1ccc(N2CCO[C@H](C(C)(C)O)C2)cc1. The Kier molecular flexibility index (Phi) is 3.40. The van der Waals surface area contributed by atoms with E-state index in [0.717, 1.165) is 13.1 Å². The molecule has 0 unspecified atom stereocenters. The van der Waals surface area contributed by atoms with Crippen LogP contribution in [0, 0.1) is 6.92 Å². The third-order valence-electron chi connectivity index (χ3n) is 3.25. The lowest BCUT2D eigenvalue weighted by atomic mass is 10.00. The lowest BCUT2D eigenvalue weighted by Crippen LogP contribution is -2.52. The van der Waals surface area contributed by atoms with Crippen molar-refractivity contribution in [2.75, 3.05) is 24.6 Å². The van der Waals surface area contributed by atoms with E-state index in [2.05, 4.69) is 36.1 Å². The third kappa shape index (κ3) is 2.99. The second-order valence-corrected chi connectivity index (χ2v) is 5.29. The van der Waals surface area contributed by atoms with Crippen molar-refractivity contribution in [2.45, 2.75) is 32.5 Å². The number of aryl methyl sites for hydroxylation is 1. The minimum absolute atomic E-state index is 0.127. The average molecular weight is 235 g/mol. The quantitative estimate of drug-likeness (QED) is 0.850. The molecule has 94 valence electrons. The Hall–Kier alpha value is -1.06. The lowest BCUT2D eigenvalue weighted by Gasteiger charge is -2.39. The third-order valence-corrected chi connectivity index (χ3v) is 3.25. The Morgan fingerprint density at radius 1 is 1.29 bits per heavy atom. The molecule has 1 aromatic carbocycles. The number of anilines is 1. The van der Waals surface area contributed by atoms with Crippen LogP contribution in [-0.2, 0) is 4.74 Å². The molecule has 0 amide bonds. The van der Waals surface area contributed by atoms with Gasteiger partial charge in [-0.1, -0.05) is 17.7 Å². The first-order valence-electron chi connectivity index (χ1n) is 6.12. The van der Waals surface area contributed by atoms with Gasteiger partial charge in [-0.2, -0.15) is 0 Å². The largest absolute Gasteiger partial charge is 0.388 e. The normalized spacial score (nSPS) is 21.6. The van der Waals surface area contributed by atoms with E-state index in [-0.39, 0.29) is 6.10 Å². The highest BCUT2D eigenvalue weighted by molar-refractivity contribution is 5.48. The average Bonchev–Trinajstić information content (AvgIpc) is 2.29. The fraction of sp³-hybridized carbons (Fsp3) is 0.571. The first kappa shape index (κ1) is 12.4. The smallest absolute Gasteiger partial charge is 0.103 e. The number of benzene rings is 1. The number of ether oxygens (including phenoxy) is 1. The molecule has 1 saturated heterocycles. The van der Waals surface area contributed by atoms with Crippen molar-refractivity contribution >= 4 is 5.69 Å². The number of morpholine rings is 1. The topological polar surface area (TPSA) is 32.7 Å². The number of hydrogen-bond acceptors (Lipinski definition) is 3. The van der Waals surface area contributed by atoms with Crippen LogP contribution in [0.4, 0.5) is 5.69 Å². The fourth-order valence-corrected chi connectivity index (χ4v) is 2.07. The van der Waals surface area contributed by atoms with Crippen molar-refractivity contribution in [1.82, 2.24) is 0 Å². The predicted molar refractivity (Wildman–Crippen MR) is 69.4 cm³/mol. The maximum Gasteiger partial charge on any atom is 0.103 e. The van der Waals surface area contributed by atoms with E-state index in [1.54, 1.807) is 13.8 Å². The van der Waals surface area contributed by atoms with Crippen molar-refractivity contribution in [1.29, 1.82) is 0 Å². The van der Waals surface area contributed by atoms with E-state index < -0.39 is 5.60 Å². The van der Waals surface area contributed by atoms with Crippen LogP contribution in [0.3, 0.4) is 0 Å². The molecule has 0 radical (unpaired) electrons. The molecule has 1 N–H and O–H groups in total. The van der Waals surface area contributed by atoms with E-state index in [0.29, 0.717) is 6.61 Å². The first-order chi connectivity index (χ1) is 7.97. The number of nitrogens with zero attached hydrogens (tertiary/aromatic N) is 1. The maximum absolute atomic E-state index is 10.00. The summed E-state index contributed by atoms with van der Waals surface area (Å²) in [4.78, 5) is 2.27. The Morgan fingerprint density at radius 2 is 1.94 bits per heavy atom. The van der Waals surface area contributed by atoms with Gasteiger partial charge in [0.25, 0.3) is 0 Å². The molecule has 3 nitrogen and oxygen atoms in total. The Bertz CT molecular complexity index is 367. The first-order valence-corrected chi connectivity index (χ1v) is 6.12. The molecule has 1 heterocycles. The molecule has 0 spiro atoms. The van der Waals surface area contributed by atoms with Gasteiger partial charge in [0, 0.05) is 18.8 Å². The zero-order valence-electron chi connectivity index (χ0n) is 10.8. The maximum atomic E-state index is 10.00. The van der Waals surface area contributed by atoms with Crippen LogP contribution in [-0.4, -0.2) is 36.5 Å². The molecular weight excluding hydrogens is 214 g/mol. The molecule has 1 aliphatic heterocycles. The van der Waals surface area contributed by atoms with Gasteiger partial charge >= 0.3 is 0 Å². The minimum atomic E-state index is -0.788. The van der Waals surface area contributed by atoms with Crippen molar-refractivity contribution in [3.63, 3.8) is 0 Å². The second kappa shape index (κ2) is 4.67. The predicted octanol–water partition coefficient (Wildman–Crippen LogP) is 1.97. The Labute approximate surface area is 103 Å². The van der Waals surface area contributed by atoms with Gasteiger partial charge < -0.3 is 14.7 Å². The second-order valence-electron chi connectivity index (χ2n) is 5.29. The van der Waals surface area contributed by atoms with Gasteiger partial charge in [-0.25, -0.2) is 0 Å². The van der Waals surface area contributed by atoms with E-state index >= 15 is 0 Å². The van der Waals surface area contributed by atoms with E-state index in [4.69, 9.17) is 4.74 Å². The van der Waals surface area contributed by atoms with Gasteiger partial charge in [-0.05, 0) is 32.9 Å². The van der Waals surface area contributed by atoms with E-state index in [1.807, 2.05) is 0 Å². The summed E-state index contributed by atoms with van der Waals surface area (Å²) in [6, 6.07) is 8.48. The summed E-state index contributed by atoms with van der Waals surface area (Å²) in [5.74, 6) is 0. The molecule has 1 aromatic rings. The van der Waals surface area contributed by atoms with Gasteiger partial charge in [0.1, 0.15) is 6.10 Å². The van der Waals surface area contributed by atoms with Crippen LogP contribution >= 0.6 is 0 Å². The standard InChI is InChI=1S/C14H21NO2/c1-11-4-6-12(7-5-11)15-8-9-17-13(10-15)14(2,3)16/h4-7,13,16H,8-10H2,1-3H3/t13-/m0/s1. The van der Waals surface area contributed by atoms with Crippen molar-refractivity contribution < 1.29 is 9.84 Å². The summed E-state index contributed by atoms with van der Waals surface area (Å²) in [7, 11) is 0. The van der Waals surface area contributed by atoms with Gasteiger partial charge in [0.05, 0.1) is 12.2 Å². The summed E-state index contributed by atoms with van der Waals surface area (Å²) in [6.07, 6.45) is -0.127. The molecule has 1 fully saturated rings. The van der Waals surface area contributed by atoms with Gasteiger partial charge in [-0.3, -0.25) is 0 Å². The number of hydrogen-bond donors (Lipinski definition) is 1. The minimum Gasteiger partial charge on any atom is -0.388 e. The zero-order valence-corrected chi connectivity index (χ0v) is 10.8. The summed E-state index contributed by atoms with van der Waals surface area (Å²) in [6.45, 7) is 7.99. The number of rotatable bonds is 2. The summed E-state index contributed by atoms with van der Waals surface area (Å²) in [5, 5.41) is 10.00. The van der Waals surface area contributed by atoms with Gasteiger partial charge in [0.15, 0.2) is 0 Å². The Morgan fingerprint density at radius 3 is 2.53 bits per heavy atom. The van der Waals surface area contributed by atoms with Crippen molar-refractivity contribution in [3.05, 3.63) is 29.8 Å².